The fourth-order valence-corrected chi connectivity index (χ4v) is 3.60. The molecule has 2 heterocycles. The van der Waals surface area contributed by atoms with Gasteiger partial charge < -0.3 is 10.1 Å². The third kappa shape index (κ3) is 3.78. The number of ether oxygens (including phenoxy) is 1. The highest BCUT2D eigenvalue weighted by Gasteiger charge is 2.15. The number of rotatable bonds is 6. The molecule has 0 spiro atoms. The molecule has 0 aliphatic carbocycles. The first-order valence-electron chi connectivity index (χ1n) is 6.73. The van der Waals surface area contributed by atoms with E-state index >= 15 is 0 Å². The third-order valence-corrected chi connectivity index (χ3v) is 5.09. The van der Waals surface area contributed by atoms with Gasteiger partial charge in [0.25, 0.3) is 10.0 Å². The Kier molecular flexibility index (Phi) is 4.58. The normalized spacial score (nSPS) is 11.0. The monoisotopic (exact) mass is 363 g/mol. The van der Waals surface area contributed by atoms with Crippen LogP contribution < -0.4 is 14.8 Å². The molecule has 0 atom stereocenters. The molecule has 2 N–H and O–H groups in total. The Bertz CT molecular complexity index is 912. The van der Waals surface area contributed by atoms with E-state index in [4.69, 9.17) is 4.74 Å². The maximum Gasteiger partial charge on any atom is 0.263 e. The van der Waals surface area contributed by atoms with E-state index in [-0.39, 0.29) is 4.90 Å². The quantitative estimate of drug-likeness (QED) is 0.693. The van der Waals surface area contributed by atoms with E-state index in [0.717, 1.165) is 0 Å². The van der Waals surface area contributed by atoms with Crippen molar-refractivity contribution in [3.63, 3.8) is 0 Å². The predicted octanol–water partition coefficient (Wildman–Crippen LogP) is 2.49. The minimum atomic E-state index is -3.66. The van der Waals surface area contributed by atoms with Crippen molar-refractivity contribution in [2.24, 2.45) is 0 Å². The van der Waals surface area contributed by atoms with E-state index in [9.17, 15) is 8.42 Å². The summed E-state index contributed by atoms with van der Waals surface area (Å²) in [6, 6.07) is 7.85. The smallest absolute Gasteiger partial charge is 0.263 e. The second-order valence-electron chi connectivity index (χ2n) is 4.51. The van der Waals surface area contributed by atoms with Gasteiger partial charge in [0, 0.05) is 29.5 Å². The van der Waals surface area contributed by atoms with Gasteiger partial charge in [0.05, 0.1) is 12.0 Å². The molecule has 0 bridgehead atoms. The summed E-state index contributed by atoms with van der Waals surface area (Å²) in [5.41, 5.74) is 0.649. The van der Waals surface area contributed by atoms with Crippen LogP contribution in [-0.4, -0.2) is 30.5 Å². The van der Waals surface area contributed by atoms with Crippen LogP contribution in [-0.2, 0) is 10.0 Å². The largest absolute Gasteiger partial charge is 0.481 e. The van der Waals surface area contributed by atoms with Crippen molar-refractivity contribution in [1.82, 2.24) is 15.0 Å². The second-order valence-corrected chi connectivity index (χ2v) is 7.09. The van der Waals surface area contributed by atoms with Crippen molar-refractivity contribution in [2.45, 2.75) is 4.90 Å². The van der Waals surface area contributed by atoms with Gasteiger partial charge >= 0.3 is 0 Å². The summed E-state index contributed by atoms with van der Waals surface area (Å²) in [6.07, 6.45) is 3.09. The van der Waals surface area contributed by atoms with E-state index in [1.54, 1.807) is 29.8 Å². The molecule has 8 nitrogen and oxygen atoms in total. The molecule has 2 aromatic heterocycles. The molecule has 0 radical (unpaired) electrons. The summed E-state index contributed by atoms with van der Waals surface area (Å²) in [5.74, 6) is 0.783. The number of methoxy groups -OCH3 is 1. The van der Waals surface area contributed by atoms with E-state index < -0.39 is 10.0 Å². The number of benzene rings is 1. The molecular weight excluding hydrogens is 350 g/mol. The molecule has 124 valence electrons. The van der Waals surface area contributed by atoms with Gasteiger partial charge in [-0.25, -0.2) is 18.4 Å². The maximum absolute atomic E-state index is 12.2. The van der Waals surface area contributed by atoms with Crippen LogP contribution in [0.2, 0.25) is 0 Å². The lowest BCUT2D eigenvalue weighted by molar-refractivity contribution is 0.397. The van der Waals surface area contributed by atoms with Gasteiger partial charge in [0.1, 0.15) is 0 Å². The highest BCUT2D eigenvalue weighted by atomic mass is 32.2. The Morgan fingerprint density at radius 1 is 1.08 bits per heavy atom. The lowest BCUT2D eigenvalue weighted by Gasteiger charge is -2.08. The summed E-state index contributed by atoms with van der Waals surface area (Å²) in [6.45, 7) is 0. The lowest BCUT2D eigenvalue weighted by atomic mass is 10.3. The molecule has 3 aromatic rings. The Hall–Kier alpha value is -2.72. The minimum Gasteiger partial charge on any atom is -0.481 e. The molecule has 0 saturated heterocycles. The first-order chi connectivity index (χ1) is 11.6. The fraction of sp³-hybridized carbons (Fsp3) is 0.0714. The van der Waals surface area contributed by atoms with Gasteiger partial charge in [0.2, 0.25) is 11.8 Å². The molecule has 0 aliphatic rings. The number of hydrogen-bond donors (Lipinski definition) is 2. The number of nitrogens with one attached hydrogen (secondary N) is 2. The van der Waals surface area contributed by atoms with Crippen molar-refractivity contribution in [3.05, 3.63) is 48.1 Å². The fourth-order valence-electron chi connectivity index (χ4n) is 1.81. The number of nitrogens with zero attached hydrogens (tertiary/aromatic N) is 3. The van der Waals surface area contributed by atoms with Gasteiger partial charge in [-0.2, -0.15) is 4.98 Å². The summed E-state index contributed by atoms with van der Waals surface area (Å²) < 4.78 is 31.9. The number of thiazole rings is 1. The molecule has 0 saturated carbocycles. The number of anilines is 3. The van der Waals surface area contributed by atoms with Crippen LogP contribution in [0.3, 0.4) is 0 Å². The highest BCUT2D eigenvalue weighted by Crippen LogP contribution is 2.21. The van der Waals surface area contributed by atoms with Crippen LogP contribution in [0.4, 0.5) is 16.8 Å². The molecule has 0 unspecified atom stereocenters. The summed E-state index contributed by atoms with van der Waals surface area (Å²) in [5, 5.41) is 4.99. The Morgan fingerprint density at radius 2 is 1.88 bits per heavy atom. The molecule has 3 rings (SSSR count). The van der Waals surface area contributed by atoms with Gasteiger partial charge in [0.15, 0.2) is 5.13 Å². The van der Waals surface area contributed by atoms with Crippen LogP contribution in [0.25, 0.3) is 0 Å². The first kappa shape index (κ1) is 16.1. The first-order valence-corrected chi connectivity index (χ1v) is 9.09. The number of sulfonamides is 1. The number of hydrogen-bond acceptors (Lipinski definition) is 8. The topological polar surface area (TPSA) is 106 Å². The van der Waals surface area contributed by atoms with Crippen LogP contribution >= 0.6 is 11.3 Å². The van der Waals surface area contributed by atoms with Gasteiger partial charge in [-0.3, -0.25) is 4.72 Å². The van der Waals surface area contributed by atoms with Crippen LogP contribution in [0.1, 0.15) is 0 Å². The SMILES string of the molecule is COc1ccnc(Nc2ccc(S(=O)(=O)Nc3nccs3)cc2)n1. The van der Waals surface area contributed by atoms with Crippen molar-refractivity contribution < 1.29 is 13.2 Å². The summed E-state index contributed by atoms with van der Waals surface area (Å²) in [7, 11) is -2.15. The minimum absolute atomic E-state index is 0.134. The molecule has 0 aliphatic heterocycles. The van der Waals surface area contributed by atoms with Gasteiger partial charge in [-0.05, 0) is 24.3 Å². The van der Waals surface area contributed by atoms with Crippen molar-refractivity contribution in [1.29, 1.82) is 0 Å². The number of aromatic nitrogens is 3. The summed E-state index contributed by atoms with van der Waals surface area (Å²) in [4.78, 5) is 12.2. The second kappa shape index (κ2) is 6.81. The van der Waals surface area contributed by atoms with E-state index in [1.807, 2.05) is 0 Å². The van der Waals surface area contributed by atoms with Crippen LogP contribution in [0.15, 0.2) is 53.0 Å². The lowest BCUT2D eigenvalue weighted by Crippen LogP contribution is -2.12. The summed E-state index contributed by atoms with van der Waals surface area (Å²) >= 11 is 1.21. The standard InChI is InChI=1S/C14H13N5O3S2/c1-22-12-6-7-15-13(18-12)17-10-2-4-11(5-3-10)24(20,21)19-14-16-8-9-23-14/h2-9H,1H3,(H,16,19)(H,15,17,18). The molecular formula is C14H13N5O3S2. The molecule has 24 heavy (non-hydrogen) atoms. The maximum atomic E-state index is 12.2. The van der Waals surface area contributed by atoms with Crippen molar-refractivity contribution in [3.8, 4) is 5.88 Å². The van der Waals surface area contributed by atoms with Crippen molar-refractivity contribution in [2.75, 3.05) is 17.1 Å². The van der Waals surface area contributed by atoms with Crippen LogP contribution in [0, 0.1) is 0 Å². The Balaban J connectivity index is 1.75. The van der Waals surface area contributed by atoms with Gasteiger partial charge in [-0.15, -0.1) is 11.3 Å². The van der Waals surface area contributed by atoms with E-state index in [2.05, 4.69) is 25.0 Å². The van der Waals surface area contributed by atoms with Crippen molar-refractivity contribution >= 4 is 38.1 Å². The molecule has 1 aromatic carbocycles. The van der Waals surface area contributed by atoms with Gasteiger partial charge in [-0.1, -0.05) is 0 Å². The zero-order valence-electron chi connectivity index (χ0n) is 12.5. The zero-order valence-corrected chi connectivity index (χ0v) is 14.1. The Labute approximate surface area is 142 Å². The molecule has 10 heteroatoms. The average Bonchev–Trinajstić information content (AvgIpc) is 3.08. The highest BCUT2D eigenvalue weighted by molar-refractivity contribution is 7.93. The zero-order chi connectivity index (χ0) is 17.0. The Morgan fingerprint density at radius 3 is 2.54 bits per heavy atom. The molecule has 0 fully saturated rings. The predicted molar refractivity (Wildman–Crippen MR) is 91.2 cm³/mol. The average molecular weight is 363 g/mol. The van der Waals surface area contributed by atoms with E-state index in [0.29, 0.717) is 22.6 Å². The molecule has 0 amide bonds. The third-order valence-electron chi connectivity index (χ3n) is 2.91. The van der Waals surface area contributed by atoms with Crippen LogP contribution in [0.5, 0.6) is 5.88 Å². The van der Waals surface area contributed by atoms with E-state index in [1.165, 1.54) is 36.8 Å².